The largest absolute Gasteiger partial charge is 0.352 e. The van der Waals surface area contributed by atoms with Crippen molar-refractivity contribution in [3.05, 3.63) is 0 Å². The first-order valence-electron chi connectivity index (χ1n) is 4.66. The minimum atomic E-state index is -0.346. The maximum atomic E-state index is 11.4. The normalized spacial score (nSPS) is 14.0. The van der Waals surface area contributed by atoms with Gasteiger partial charge in [0.25, 0.3) is 0 Å². The minimum Gasteiger partial charge on any atom is -0.352 e. The summed E-state index contributed by atoms with van der Waals surface area (Å²) in [6, 6.07) is -0.116. The molecule has 0 saturated heterocycles. The first-order valence-corrected chi connectivity index (χ1v) is 6.06. The number of amides is 1. The van der Waals surface area contributed by atoms with Crippen LogP contribution in [-0.4, -0.2) is 30.0 Å². The summed E-state index contributed by atoms with van der Waals surface area (Å²) in [6.45, 7) is 4.03. The molecule has 0 aromatic heterocycles. The Hall–Kier alpha value is 0.0700. The van der Waals surface area contributed by atoms with E-state index in [0.29, 0.717) is 0 Å². The highest BCUT2D eigenvalue weighted by Gasteiger charge is 2.13. The summed E-state index contributed by atoms with van der Waals surface area (Å²) in [5.74, 6) is 0.915. The molecule has 0 bridgehead atoms. The Bertz CT molecular complexity index is 158. The molecule has 2 unspecified atom stereocenters. The van der Waals surface area contributed by atoms with Crippen LogP contribution in [-0.2, 0) is 4.79 Å². The zero-order chi connectivity index (χ0) is 10.3. The van der Waals surface area contributed by atoms with Gasteiger partial charge in [0.2, 0.25) is 5.91 Å². The van der Waals surface area contributed by atoms with Crippen molar-refractivity contribution in [2.24, 2.45) is 5.73 Å². The molecule has 2 atom stereocenters. The molecule has 0 aliphatic carbocycles. The van der Waals surface area contributed by atoms with Gasteiger partial charge in [-0.1, -0.05) is 6.92 Å². The van der Waals surface area contributed by atoms with Crippen molar-refractivity contribution in [1.29, 1.82) is 0 Å². The van der Waals surface area contributed by atoms with Gasteiger partial charge in [0.15, 0.2) is 0 Å². The van der Waals surface area contributed by atoms with E-state index in [1.807, 2.05) is 20.1 Å². The van der Waals surface area contributed by atoms with Crippen LogP contribution in [0.4, 0.5) is 0 Å². The van der Waals surface area contributed by atoms with Gasteiger partial charge in [-0.25, -0.2) is 0 Å². The van der Waals surface area contributed by atoms with E-state index in [-0.39, 0.29) is 30.4 Å². The Morgan fingerprint density at radius 2 is 2.14 bits per heavy atom. The molecule has 3 N–H and O–H groups in total. The number of rotatable bonds is 6. The molecule has 0 radical (unpaired) electrons. The third kappa shape index (κ3) is 7.47. The average molecular weight is 241 g/mol. The van der Waals surface area contributed by atoms with E-state index in [1.165, 1.54) is 0 Å². The molecule has 0 aromatic rings. The molecule has 0 spiro atoms. The summed E-state index contributed by atoms with van der Waals surface area (Å²) in [5.41, 5.74) is 5.68. The van der Waals surface area contributed by atoms with Crippen molar-refractivity contribution in [3.63, 3.8) is 0 Å². The number of nitrogens with one attached hydrogen (secondary N) is 1. The van der Waals surface area contributed by atoms with Crippen LogP contribution in [0.2, 0.25) is 0 Å². The Kier molecular flexibility index (Phi) is 11.3. The summed E-state index contributed by atoms with van der Waals surface area (Å²) >= 11 is 1.71. The fourth-order valence-corrected chi connectivity index (χ4v) is 1.32. The lowest BCUT2D eigenvalue weighted by atomic mass is 10.2. The van der Waals surface area contributed by atoms with Gasteiger partial charge in [-0.3, -0.25) is 4.79 Å². The molecule has 3 nitrogen and oxygen atoms in total. The number of hydrogen-bond donors (Lipinski definition) is 2. The minimum absolute atomic E-state index is 0. The fourth-order valence-electron chi connectivity index (χ4n) is 0.828. The molecule has 1 amide bonds. The third-order valence-corrected chi connectivity index (χ3v) is 2.61. The first kappa shape index (κ1) is 16.5. The summed E-state index contributed by atoms with van der Waals surface area (Å²) in [7, 11) is 0. The fraction of sp³-hybridized carbons (Fsp3) is 0.889. The molecule has 0 aliphatic rings. The summed E-state index contributed by atoms with van der Waals surface area (Å²) in [4.78, 5) is 11.4. The maximum absolute atomic E-state index is 11.4. The van der Waals surface area contributed by atoms with Crippen molar-refractivity contribution < 1.29 is 4.79 Å². The number of nitrogens with two attached hydrogens (primary N) is 1. The van der Waals surface area contributed by atoms with Crippen molar-refractivity contribution in [3.8, 4) is 0 Å². The van der Waals surface area contributed by atoms with Crippen molar-refractivity contribution in [2.75, 3.05) is 12.0 Å². The Balaban J connectivity index is 0. The molecule has 86 valence electrons. The van der Waals surface area contributed by atoms with Crippen LogP contribution in [0.3, 0.4) is 0 Å². The van der Waals surface area contributed by atoms with Crippen LogP contribution >= 0.6 is 24.2 Å². The van der Waals surface area contributed by atoms with Crippen LogP contribution in [0.1, 0.15) is 26.7 Å². The molecular weight excluding hydrogens is 220 g/mol. The SMILES string of the molecule is CCC(C)NC(=O)C(N)CCSC.Cl. The number of thioether (sulfide) groups is 1. The summed E-state index contributed by atoms with van der Waals surface area (Å²) < 4.78 is 0. The molecule has 0 aromatic carbocycles. The molecule has 0 fully saturated rings. The van der Waals surface area contributed by atoms with Gasteiger partial charge in [0.05, 0.1) is 6.04 Å². The quantitative estimate of drug-likeness (QED) is 0.738. The van der Waals surface area contributed by atoms with E-state index < -0.39 is 0 Å². The first-order chi connectivity index (χ1) is 6.11. The third-order valence-electron chi connectivity index (χ3n) is 1.97. The zero-order valence-electron chi connectivity index (χ0n) is 9.08. The van der Waals surface area contributed by atoms with Gasteiger partial charge in [-0.15, -0.1) is 12.4 Å². The molecule has 5 heteroatoms. The van der Waals surface area contributed by atoms with Crippen LogP contribution in [0, 0.1) is 0 Å². The maximum Gasteiger partial charge on any atom is 0.237 e. The van der Waals surface area contributed by atoms with E-state index in [9.17, 15) is 4.79 Å². The van der Waals surface area contributed by atoms with E-state index in [4.69, 9.17) is 5.73 Å². The van der Waals surface area contributed by atoms with E-state index in [2.05, 4.69) is 5.32 Å². The Labute approximate surface area is 97.0 Å². The lowest BCUT2D eigenvalue weighted by molar-refractivity contribution is -0.123. The Morgan fingerprint density at radius 3 is 2.57 bits per heavy atom. The predicted molar refractivity (Wildman–Crippen MR) is 66.1 cm³/mol. The molecule has 0 rings (SSSR count). The average Bonchev–Trinajstić information content (AvgIpc) is 2.13. The number of carbonyl (C=O) groups is 1. The molecule has 0 aliphatic heterocycles. The number of halogens is 1. The van der Waals surface area contributed by atoms with Gasteiger partial charge in [-0.2, -0.15) is 11.8 Å². The van der Waals surface area contributed by atoms with Gasteiger partial charge in [-0.05, 0) is 31.8 Å². The smallest absolute Gasteiger partial charge is 0.237 e. The zero-order valence-corrected chi connectivity index (χ0v) is 10.7. The topological polar surface area (TPSA) is 55.1 Å². The van der Waals surface area contributed by atoms with Gasteiger partial charge in [0.1, 0.15) is 0 Å². The Morgan fingerprint density at radius 1 is 1.57 bits per heavy atom. The summed E-state index contributed by atoms with van der Waals surface area (Å²) in [5, 5.41) is 2.87. The molecule has 14 heavy (non-hydrogen) atoms. The van der Waals surface area contributed by atoms with Crippen molar-refractivity contribution >= 4 is 30.1 Å². The van der Waals surface area contributed by atoms with E-state index in [1.54, 1.807) is 11.8 Å². The highest BCUT2D eigenvalue weighted by molar-refractivity contribution is 7.98. The second-order valence-electron chi connectivity index (χ2n) is 3.21. The molecular formula is C9H21ClN2OS. The lowest BCUT2D eigenvalue weighted by Crippen LogP contribution is -2.44. The van der Waals surface area contributed by atoms with Gasteiger partial charge >= 0.3 is 0 Å². The summed E-state index contributed by atoms with van der Waals surface area (Å²) in [6.07, 6.45) is 3.71. The number of hydrogen-bond acceptors (Lipinski definition) is 3. The highest BCUT2D eigenvalue weighted by atomic mass is 35.5. The second kappa shape index (κ2) is 9.62. The highest BCUT2D eigenvalue weighted by Crippen LogP contribution is 1.99. The standard InChI is InChI=1S/C9H20N2OS.ClH/c1-4-7(2)11-9(12)8(10)5-6-13-3;/h7-8H,4-6,10H2,1-3H3,(H,11,12);1H. The van der Waals surface area contributed by atoms with Crippen LogP contribution in [0.25, 0.3) is 0 Å². The van der Waals surface area contributed by atoms with E-state index in [0.717, 1.165) is 18.6 Å². The lowest BCUT2D eigenvalue weighted by Gasteiger charge is -2.15. The molecule has 0 heterocycles. The van der Waals surface area contributed by atoms with E-state index >= 15 is 0 Å². The van der Waals surface area contributed by atoms with Crippen LogP contribution in [0.15, 0.2) is 0 Å². The van der Waals surface area contributed by atoms with Gasteiger partial charge < -0.3 is 11.1 Å². The van der Waals surface area contributed by atoms with Crippen LogP contribution in [0.5, 0.6) is 0 Å². The predicted octanol–water partition coefficient (Wildman–Crippen LogP) is 1.40. The van der Waals surface area contributed by atoms with Crippen LogP contribution < -0.4 is 11.1 Å². The second-order valence-corrected chi connectivity index (χ2v) is 4.19. The van der Waals surface area contributed by atoms with Crippen molar-refractivity contribution in [2.45, 2.75) is 38.8 Å². The number of carbonyl (C=O) groups excluding carboxylic acids is 1. The molecule has 0 saturated carbocycles. The monoisotopic (exact) mass is 240 g/mol. The van der Waals surface area contributed by atoms with Crippen molar-refractivity contribution in [1.82, 2.24) is 5.32 Å². The van der Waals surface area contributed by atoms with Gasteiger partial charge in [0, 0.05) is 6.04 Å².